The normalized spacial score (nSPS) is 14.3. The summed E-state index contributed by atoms with van der Waals surface area (Å²) in [5.41, 5.74) is 1.71. The van der Waals surface area contributed by atoms with E-state index in [1.165, 1.54) is 12.0 Å². The molecule has 1 aromatic rings. The first-order valence-corrected chi connectivity index (χ1v) is 6.26. The maximum atomic E-state index is 3.65. The van der Waals surface area contributed by atoms with Crippen LogP contribution in [0.1, 0.15) is 39.7 Å². The van der Waals surface area contributed by atoms with Crippen molar-refractivity contribution in [3.05, 3.63) is 22.4 Å². The molecule has 1 aromatic heterocycles. The van der Waals surface area contributed by atoms with Crippen molar-refractivity contribution < 1.29 is 0 Å². The van der Waals surface area contributed by atoms with E-state index in [1.807, 2.05) is 0 Å². The number of rotatable bonds is 5. The monoisotopic (exact) mass is 211 g/mol. The smallest absolute Gasteiger partial charge is 0.0125 e. The molecule has 14 heavy (non-hydrogen) atoms. The lowest BCUT2D eigenvalue weighted by molar-refractivity contribution is 0.333. The molecule has 1 rings (SSSR count). The Kier molecular flexibility index (Phi) is 4.14. The first-order valence-electron chi connectivity index (χ1n) is 5.32. The van der Waals surface area contributed by atoms with Gasteiger partial charge in [0.05, 0.1) is 0 Å². The van der Waals surface area contributed by atoms with E-state index in [1.54, 1.807) is 11.3 Å². The maximum Gasteiger partial charge on any atom is 0.0125 e. The largest absolute Gasteiger partial charge is 0.309 e. The lowest BCUT2D eigenvalue weighted by atomic mass is 9.99. The van der Waals surface area contributed by atoms with Gasteiger partial charge in [-0.2, -0.15) is 11.3 Å². The van der Waals surface area contributed by atoms with Crippen molar-refractivity contribution in [3.8, 4) is 0 Å². The average Bonchev–Trinajstić information content (AvgIpc) is 2.55. The summed E-state index contributed by atoms with van der Waals surface area (Å²) in [4.78, 5) is 0. The van der Waals surface area contributed by atoms with E-state index < -0.39 is 0 Å². The molecule has 0 aliphatic carbocycles. The van der Waals surface area contributed by atoms with Gasteiger partial charge in [0.2, 0.25) is 0 Å². The van der Waals surface area contributed by atoms with Crippen LogP contribution in [0.4, 0.5) is 0 Å². The van der Waals surface area contributed by atoms with E-state index in [0.717, 1.165) is 6.42 Å². The lowest BCUT2D eigenvalue weighted by Gasteiger charge is -2.29. The second-order valence-corrected chi connectivity index (χ2v) is 5.40. The number of hydrogen-bond donors (Lipinski definition) is 1. The van der Waals surface area contributed by atoms with Gasteiger partial charge >= 0.3 is 0 Å². The first-order chi connectivity index (χ1) is 6.53. The zero-order valence-electron chi connectivity index (χ0n) is 9.63. The fraction of sp³-hybridized carbons (Fsp3) is 0.667. The number of nitrogens with one attached hydrogen (secondary N) is 1. The third-order valence-corrected chi connectivity index (χ3v) is 3.38. The Morgan fingerprint density at radius 2 is 2.21 bits per heavy atom. The molecule has 0 saturated carbocycles. The van der Waals surface area contributed by atoms with Crippen molar-refractivity contribution >= 4 is 11.3 Å². The number of thiophene rings is 1. The molecule has 0 fully saturated rings. The molecule has 1 nitrogen and oxygen atoms in total. The van der Waals surface area contributed by atoms with Crippen LogP contribution < -0.4 is 5.32 Å². The van der Waals surface area contributed by atoms with Crippen molar-refractivity contribution in [1.29, 1.82) is 0 Å². The van der Waals surface area contributed by atoms with Crippen LogP contribution in [0.2, 0.25) is 0 Å². The summed E-state index contributed by atoms with van der Waals surface area (Å²) >= 11 is 1.78. The van der Waals surface area contributed by atoms with Crippen LogP contribution in [0.5, 0.6) is 0 Å². The molecule has 0 amide bonds. The molecule has 0 saturated heterocycles. The summed E-state index contributed by atoms with van der Waals surface area (Å²) in [6.45, 7) is 9.01. The fourth-order valence-corrected chi connectivity index (χ4v) is 2.26. The molecule has 0 aliphatic heterocycles. The minimum Gasteiger partial charge on any atom is -0.309 e. The fourth-order valence-electron chi connectivity index (χ4n) is 1.58. The molecule has 1 N–H and O–H groups in total. The average molecular weight is 211 g/mol. The highest BCUT2D eigenvalue weighted by Gasteiger charge is 2.17. The Hall–Kier alpha value is -0.340. The van der Waals surface area contributed by atoms with Gasteiger partial charge in [0.1, 0.15) is 0 Å². The van der Waals surface area contributed by atoms with E-state index in [9.17, 15) is 0 Å². The Morgan fingerprint density at radius 3 is 2.71 bits per heavy atom. The highest BCUT2D eigenvalue weighted by molar-refractivity contribution is 7.07. The van der Waals surface area contributed by atoms with Gasteiger partial charge in [-0.25, -0.2) is 0 Å². The summed E-state index contributed by atoms with van der Waals surface area (Å²) in [5.74, 6) is 0. The first kappa shape index (κ1) is 11.7. The van der Waals surface area contributed by atoms with E-state index in [-0.39, 0.29) is 5.54 Å². The van der Waals surface area contributed by atoms with Gasteiger partial charge in [0.25, 0.3) is 0 Å². The minimum atomic E-state index is 0.259. The van der Waals surface area contributed by atoms with E-state index in [0.29, 0.717) is 6.04 Å². The molecule has 0 bridgehead atoms. The van der Waals surface area contributed by atoms with Crippen molar-refractivity contribution in [2.75, 3.05) is 0 Å². The topological polar surface area (TPSA) is 12.0 Å². The van der Waals surface area contributed by atoms with Gasteiger partial charge < -0.3 is 5.32 Å². The van der Waals surface area contributed by atoms with Crippen LogP contribution in [-0.2, 0) is 6.42 Å². The quantitative estimate of drug-likeness (QED) is 0.786. The number of hydrogen-bond acceptors (Lipinski definition) is 2. The Morgan fingerprint density at radius 1 is 1.50 bits per heavy atom. The molecule has 0 radical (unpaired) electrons. The Labute approximate surface area is 91.5 Å². The van der Waals surface area contributed by atoms with Gasteiger partial charge in [-0.1, -0.05) is 6.92 Å². The lowest BCUT2D eigenvalue weighted by Crippen LogP contribution is -2.44. The third kappa shape index (κ3) is 3.81. The van der Waals surface area contributed by atoms with Gasteiger partial charge in [-0.15, -0.1) is 0 Å². The highest BCUT2D eigenvalue weighted by atomic mass is 32.1. The zero-order chi connectivity index (χ0) is 10.6. The molecule has 1 atom stereocenters. The SMILES string of the molecule is CCC(C)(C)NC(C)Cc1ccsc1. The van der Waals surface area contributed by atoms with Crippen LogP contribution in [0.15, 0.2) is 16.8 Å². The third-order valence-electron chi connectivity index (χ3n) is 2.64. The van der Waals surface area contributed by atoms with Crippen molar-refractivity contribution in [2.24, 2.45) is 0 Å². The Bertz CT molecular complexity index is 251. The van der Waals surface area contributed by atoms with Crippen LogP contribution in [-0.4, -0.2) is 11.6 Å². The molecule has 0 aliphatic rings. The summed E-state index contributed by atoms with van der Waals surface area (Å²) in [7, 11) is 0. The van der Waals surface area contributed by atoms with Gasteiger partial charge in [0.15, 0.2) is 0 Å². The molecular formula is C12H21NS. The predicted octanol–water partition coefficient (Wildman–Crippen LogP) is 3.46. The zero-order valence-corrected chi connectivity index (χ0v) is 10.4. The van der Waals surface area contributed by atoms with Crippen LogP contribution >= 0.6 is 11.3 Å². The van der Waals surface area contributed by atoms with Crippen molar-refractivity contribution in [1.82, 2.24) is 5.32 Å². The molecular weight excluding hydrogens is 190 g/mol. The summed E-state index contributed by atoms with van der Waals surface area (Å²) < 4.78 is 0. The van der Waals surface area contributed by atoms with Gasteiger partial charge in [0, 0.05) is 11.6 Å². The van der Waals surface area contributed by atoms with Crippen molar-refractivity contribution in [3.63, 3.8) is 0 Å². The van der Waals surface area contributed by atoms with Crippen LogP contribution in [0.25, 0.3) is 0 Å². The summed E-state index contributed by atoms with van der Waals surface area (Å²) in [5, 5.41) is 8.03. The van der Waals surface area contributed by atoms with E-state index >= 15 is 0 Å². The van der Waals surface area contributed by atoms with E-state index in [2.05, 4.69) is 49.8 Å². The molecule has 1 unspecified atom stereocenters. The molecule has 1 heterocycles. The summed E-state index contributed by atoms with van der Waals surface area (Å²) in [6, 6.07) is 2.77. The van der Waals surface area contributed by atoms with Gasteiger partial charge in [-0.3, -0.25) is 0 Å². The second kappa shape index (κ2) is 4.94. The predicted molar refractivity (Wildman–Crippen MR) is 65.0 cm³/mol. The van der Waals surface area contributed by atoms with Crippen LogP contribution in [0, 0.1) is 0 Å². The second-order valence-electron chi connectivity index (χ2n) is 4.62. The summed E-state index contributed by atoms with van der Waals surface area (Å²) in [6.07, 6.45) is 2.30. The highest BCUT2D eigenvalue weighted by Crippen LogP contribution is 2.12. The van der Waals surface area contributed by atoms with Crippen LogP contribution in [0.3, 0.4) is 0 Å². The molecule has 0 aromatic carbocycles. The maximum absolute atomic E-state index is 3.65. The van der Waals surface area contributed by atoms with E-state index in [4.69, 9.17) is 0 Å². The van der Waals surface area contributed by atoms with Crippen molar-refractivity contribution in [2.45, 2.75) is 52.1 Å². The minimum absolute atomic E-state index is 0.259. The molecule has 2 heteroatoms. The molecule has 80 valence electrons. The standard InChI is InChI=1S/C12H21NS/c1-5-12(3,4)13-10(2)8-11-6-7-14-9-11/h6-7,9-10,13H,5,8H2,1-4H3. The van der Waals surface area contributed by atoms with Gasteiger partial charge in [-0.05, 0) is 56.0 Å². The molecule has 0 spiro atoms. The Balaban J connectivity index is 2.40.